The molecule has 0 unspecified atom stereocenters. The smallest absolute Gasteiger partial charge is 0.317 e. The highest BCUT2D eigenvalue weighted by molar-refractivity contribution is 5.74. The van der Waals surface area contributed by atoms with E-state index in [4.69, 9.17) is 9.47 Å². The molecule has 2 heterocycles. The van der Waals surface area contributed by atoms with Gasteiger partial charge >= 0.3 is 6.03 Å². The molecule has 2 aliphatic rings. The fourth-order valence-corrected chi connectivity index (χ4v) is 3.99. The van der Waals surface area contributed by atoms with Crippen LogP contribution in [-0.2, 0) is 17.6 Å². The first-order chi connectivity index (χ1) is 12.2. The highest BCUT2D eigenvalue weighted by Crippen LogP contribution is 2.26. The zero-order valence-corrected chi connectivity index (χ0v) is 15.4. The molecule has 5 heteroatoms. The van der Waals surface area contributed by atoms with Crippen LogP contribution in [-0.4, -0.2) is 50.4 Å². The highest BCUT2D eigenvalue weighted by Gasteiger charge is 2.22. The summed E-state index contributed by atoms with van der Waals surface area (Å²) in [5.41, 5.74) is 2.54. The van der Waals surface area contributed by atoms with Crippen LogP contribution >= 0.6 is 0 Å². The van der Waals surface area contributed by atoms with E-state index < -0.39 is 0 Å². The monoisotopic (exact) mass is 346 g/mol. The number of urea groups is 1. The van der Waals surface area contributed by atoms with E-state index in [0.717, 1.165) is 64.1 Å². The summed E-state index contributed by atoms with van der Waals surface area (Å²) in [4.78, 5) is 14.5. The standard InChI is InChI=1S/C20H30N2O3/c1-15-14-16(9-13-25-15)6-10-21-20(23)22-11-7-17-4-3-5-19(24-2)18(17)8-12-22/h3-5,15-16H,6-14H2,1-2H3,(H,21,23)/t15-,16-/m0/s1. The van der Waals surface area contributed by atoms with E-state index in [1.807, 2.05) is 17.0 Å². The van der Waals surface area contributed by atoms with Crippen LogP contribution in [0, 0.1) is 5.92 Å². The lowest BCUT2D eigenvalue weighted by atomic mass is 9.93. The van der Waals surface area contributed by atoms with Crippen molar-refractivity contribution in [2.24, 2.45) is 5.92 Å². The maximum Gasteiger partial charge on any atom is 0.317 e. The summed E-state index contributed by atoms with van der Waals surface area (Å²) in [5, 5.41) is 3.11. The van der Waals surface area contributed by atoms with Crippen LogP contribution in [0.3, 0.4) is 0 Å². The van der Waals surface area contributed by atoms with E-state index >= 15 is 0 Å². The van der Waals surface area contributed by atoms with E-state index in [1.165, 1.54) is 11.1 Å². The molecule has 0 radical (unpaired) electrons. The van der Waals surface area contributed by atoms with Gasteiger partial charge < -0.3 is 19.7 Å². The molecule has 1 N–H and O–H groups in total. The number of hydrogen-bond acceptors (Lipinski definition) is 3. The Labute approximate surface area is 150 Å². The maximum atomic E-state index is 12.5. The molecule has 1 aromatic carbocycles. The van der Waals surface area contributed by atoms with Gasteiger partial charge in [-0.1, -0.05) is 12.1 Å². The Morgan fingerprint density at radius 1 is 1.36 bits per heavy atom. The van der Waals surface area contributed by atoms with Crippen LogP contribution in [0.15, 0.2) is 18.2 Å². The molecule has 2 atom stereocenters. The molecule has 0 saturated carbocycles. The van der Waals surface area contributed by atoms with Gasteiger partial charge in [0.1, 0.15) is 5.75 Å². The third-order valence-corrected chi connectivity index (χ3v) is 5.44. The summed E-state index contributed by atoms with van der Waals surface area (Å²) >= 11 is 0. The molecular weight excluding hydrogens is 316 g/mol. The summed E-state index contributed by atoms with van der Waals surface area (Å²) in [6, 6.07) is 6.24. The summed E-state index contributed by atoms with van der Waals surface area (Å²) in [5.74, 6) is 1.61. The quantitative estimate of drug-likeness (QED) is 0.912. The normalized spacial score (nSPS) is 23.5. The fraction of sp³-hybridized carbons (Fsp3) is 0.650. The number of nitrogens with one attached hydrogen (secondary N) is 1. The number of ether oxygens (including phenoxy) is 2. The molecule has 0 spiro atoms. The van der Waals surface area contributed by atoms with Gasteiger partial charge in [-0.25, -0.2) is 4.79 Å². The Bertz CT molecular complexity index is 590. The van der Waals surface area contributed by atoms with E-state index in [0.29, 0.717) is 12.0 Å². The number of methoxy groups -OCH3 is 1. The number of fused-ring (bicyclic) bond motifs is 1. The number of nitrogens with zero attached hydrogens (tertiary/aromatic N) is 1. The summed E-state index contributed by atoms with van der Waals surface area (Å²) in [6.07, 6.45) is 5.35. The van der Waals surface area contributed by atoms with Gasteiger partial charge in [0.25, 0.3) is 0 Å². The van der Waals surface area contributed by atoms with E-state index in [-0.39, 0.29) is 6.03 Å². The van der Waals surface area contributed by atoms with Gasteiger partial charge in [-0.3, -0.25) is 0 Å². The predicted octanol–water partition coefficient (Wildman–Crippen LogP) is 3.01. The number of amides is 2. The number of benzene rings is 1. The Hall–Kier alpha value is -1.75. The van der Waals surface area contributed by atoms with Crippen LogP contribution in [0.25, 0.3) is 0 Å². The lowest BCUT2D eigenvalue weighted by Crippen LogP contribution is -2.42. The molecule has 1 aromatic rings. The molecule has 0 aliphatic carbocycles. The minimum absolute atomic E-state index is 0.0619. The van der Waals surface area contributed by atoms with Crippen molar-refractivity contribution in [3.8, 4) is 5.75 Å². The first kappa shape index (κ1) is 18.1. The molecule has 2 aliphatic heterocycles. The molecule has 2 amide bonds. The SMILES string of the molecule is COc1cccc2c1CCN(C(=O)NCC[C@H]1CCO[C@@H](C)C1)CC2. The number of carbonyl (C=O) groups is 1. The Morgan fingerprint density at radius 3 is 3.00 bits per heavy atom. The molecule has 0 aromatic heterocycles. The van der Waals surface area contributed by atoms with Gasteiger partial charge in [0, 0.05) is 26.2 Å². The lowest BCUT2D eigenvalue weighted by Gasteiger charge is -2.27. The Balaban J connectivity index is 1.47. The second kappa shape index (κ2) is 8.56. The van der Waals surface area contributed by atoms with Crippen molar-refractivity contribution < 1.29 is 14.3 Å². The molecule has 5 nitrogen and oxygen atoms in total. The van der Waals surface area contributed by atoms with Crippen molar-refractivity contribution in [1.82, 2.24) is 10.2 Å². The first-order valence-corrected chi connectivity index (χ1v) is 9.46. The van der Waals surface area contributed by atoms with Crippen molar-refractivity contribution in [3.63, 3.8) is 0 Å². The largest absolute Gasteiger partial charge is 0.496 e. The first-order valence-electron chi connectivity index (χ1n) is 9.46. The second-order valence-corrected chi connectivity index (χ2v) is 7.18. The molecule has 1 saturated heterocycles. The van der Waals surface area contributed by atoms with Crippen LogP contribution < -0.4 is 10.1 Å². The zero-order valence-electron chi connectivity index (χ0n) is 15.4. The molecule has 1 fully saturated rings. The van der Waals surface area contributed by atoms with Gasteiger partial charge in [0.15, 0.2) is 0 Å². The third-order valence-electron chi connectivity index (χ3n) is 5.44. The Kier molecular flexibility index (Phi) is 6.19. The molecule has 138 valence electrons. The van der Waals surface area contributed by atoms with Crippen molar-refractivity contribution >= 4 is 6.03 Å². The highest BCUT2D eigenvalue weighted by atomic mass is 16.5. The molecule has 3 rings (SSSR count). The Morgan fingerprint density at radius 2 is 2.20 bits per heavy atom. The lowest BCUT2D eigenvalue weighted by molar-refractivity contribution is 0.00112. The van der Waals surface area contributed by atoms with Crippen molar-refractivity contribution in [2.75, 3.05) is 33.4 Å². The molecular formula is C20H30N2O3. The fourth-order valence-electron chi connectivity index (χ4n) is 3.99. The van der Waals surface area contributed by atoms with Crippen LogP contribution in [0.5, 0.6) is 5.75 Å². The van der Waals surface area contributed by atoms with Gasteiger partial charge in [-0.15, -0.1) is 0 Å². The van der Waals surface area contributed by atoms with Gasteiger partial charge in [0.05, 0.1) is 13.2 Å². The minimum Gasteiger partial charge on any atom is -0.496 e. The zero-order chi connectivity index (χ0) is 17.6. The van der Waals surface area contributed by atoms with Crippen molar-refractivity contribution in [2.45, 2.75) is 45.1 Å². The molecule has 25 heavy (non-hydrogen) atoms. The van der Waals surface area contributed by atoms with Crippen LogP contribution in [0.2, 0.25) is 0 Å². The summed E-state index contributed by atoms with van der Waals surface area (Å²) in [6.45, 7) is 5.25. The average molecular weight is 346 g/mol. The third kappa shape index (κ3) is 4.66. The minimum atomic E-state index is 0.0619. The van der Waals surface area contributed by atoms with E-state index in [1.54, 1.807) is 7.11 Å². The second-order valence-electron chi connectivity index (χ2n) is 7.18. The van der Waals surface area contributed by atoms with Crippen LogP contribution in [0.4, 0.5) is 4.79 Å². The summed E-state index contributed by atoms with van der Waals surface area (Å²) in [7, 11) is 1.71. The van der Waals surface area contributed by atoms with Gasteiger partial charge in [-0.05, 0) is 62.1 Å². The van der Waals surface area contributed by atoms with E-state index in [9.17, 15) is 4.79 Å². The maximum absolute atomic E-state index is 12.5. The van der Waals surface area contributed by atoms with Crippen molar-refractivity contribution in [1.29, 1.82) is 0 Å². The van der Waals surface area contributed by atoms with E-state index in [2.05, 4.69) is 18.3 Å². The number of hydrogen-bond donors (Lipinski definition) is 1. The van der Waals surface area contributed by atoms with Crippen molar-refractivity contribution in [3.05, 3.63) is 29.3 Å². The number of carbonyl (C=O) groups excluding carboxylic acids is 1. The van der Waals surface area contributed by atoms with Gasteiger partial charge in [0.2, 0.25) is 0 Å². The van der Waals surface area contributed by atoms with Crippen LogP contribution in [0.1, 0.15) is 37.3 Å². The average Bonchev–Trinajstić information content (AvgIpc) is 2.84. The predicted molar refractivity (Wildman–Crippen MR) is 98.1 cm³/mol. The summed E-state index contributed by atoms with van der Waals surface area (Å²) < 4.78 is 11.1. The molecule has 0 bridgehead atoms. The van der Waals surface area contributed by atoms with Gasteiger partial charge in [-0.2, -0.15) is 0 Å². The number of rotatable bonds is 4. The topological polar surface area (TPSA) is 50.8 Å².